The van der Waals surface area contributed by atoms with Crippen LogP contribution in [-0.2, 0) is 14.6 Å². The smallest absolute Gasteiger partial charge is 0.325 e. The van der Waals surface area contributed by atoms with Gasteiger partial charge in [0, 0.05) is 6.26 Å². The van der Waals surface area contributed by atoms with Crippen molar-refractivity contribution in [2.24, 2.45) is 5.73 Å². The van der Waals surface area contributed by atoms with Crippen LogP contribution in [0.1, 0.15) is 11.6 Å². The van der Waals surface area contributed by atoms with E-state index in [2.05, 4.69) is 0 Å². The summed E-state index contributed by atoms with van der Waals surface area (Å²) < 4.78 is 28.1. The van der Waals surface area contributed by atoms with Gasteiger partial charge in [-0.1, -0.05) is 11.6 Å². The molecule has 0 amide bonds. The third kappa shape index (κ3) is 2.92. The highest BCUT2D eigenvalue weighted by Crippen LogP contribution is 2.34. The SMILES string of the molecule is COc1c(Cl)cc(C(N)C(=O)O)cc1S(C)(=O)=O. The van der Waals surface area contributed by atoms with Crippen molar-refractivity contribution in [2.75, 3.05) is 13.4 Å². The predicted molar refractivity (Wildman–Crippen MR) is 65.7 cm³/mol. The molecule has 18 heavy (non-hydrogen) atoms. The number of hydrogen-bond donors (Lipinski definition) is 2. The summed E-state index contributed by atoms with van der Waals surface area (Å²) in [7, 11) is -2.34. The van der Waals surface area contributed by atoms with Gasteiger partial charge in [0.1, 0.15) is 10.9 Å². The average Bonchev–Trinajstić information content (AvgIpc) is 2.25. The molecule has 0 saturated carbocycles. The molecule has 1 aromatic rings. The van der Waals surface area contributed by atoms with Gasteiger partial charge in [0.25, 0.3) is 0 Å². The fraction of sp³-hybridized carbons (Fsp3) is 0.300. The van der Waals surface area contributed by atoms with E-state index in [-0.39, 0.29) is 21.2 Å². The highest BCUT2D eigenvalue weighted by molar-refractivity contribution is 7.90. The first-order chi connectivity index (χ1) is 8.18. The van der Waals surface area contributed by atoms with Crippen LogP contribution in [0.4, 0.5) is 0 Å². The minimum absolute atomic E-state index is 0.00729. The van der Waals surface area contributed by atoms with Gasteiger partial charge in [-0.25, -0.2) is 8.42 Å². The van der Waals surface area contributed by atoms with Crippen LogP contribution in [0.25, 0.3) is 0 Å². The quantitative estimate of drug-likeness (QED) is 0.852. The van der Waals surface area contributed by atoms with E-state index in [1.807, 2.05) is 0 Å². The van der Waals surface area contributed by atoms with Gasteiger partial charge in [-0.2, -0.15) is 0 Å². The maximum Gasteiger partial charge on any atom is 0.325 e. The molecule has 1 unspecified atom stereocenters. The van der Waals surface area contributed by atoms with Gasteiger partial charge in [0.05, 0.1) is 12.1 Å². The molecule has 1 atom stereocenters. The van der Waals surface area contributed by atoms with Crippen molar-refractivity contribution in [3.63, 3.8) is 0 Å². The average molecular weight is 294 g/mol. The van der Waals surface area contributed by atoms with E-state index in [0.29, 0.717) is 0 Å². The highest BCUT2D eigenvalue weighted by atomic mass is 35.5. The van der Waals surface area contributed by atoms with Crippen molar-refractivity contribution < 1.29 is 23.1 Å². The number of halogens is 1. The molecule has 0 aliphatic rings. The number of carboxylic acids is 1. The summed E-state index contributed by atoms with van der Waals surface area (Å²) in [5, 5.41) is 8.79. The molecular formula is C10H12ClNO5S. The van der Waals surface area contributed by atoms with Gasteiger partial charge in [-0.05, 0) is 17.7 Å². The van der Waals surface area contributed by atoms with Gasteiger partial charge in [0.2, 0.25) is 0 Å². The van der Waals surface area contributed by atoms with Crippen LogP contribution >= 0.6 is 11.6 Å². The van der Waals surface area contributed by atoms with E-state index >= 15 is 0 Å². The second-order valence-corrected chi connectivity index (χ2v) is 6.01. The van der Waals surface area contributed by atoms with Crippen LogP contribution in [0.2, 0.25) is 5.02 Å². The molecule has 0 radical (unpaired) electrons. The van der Waals surface area contributed by atoms with Crippen molar-refractivity contribution in [3.8, 4) is 5.75 Å². The van der Waals surface area contributed by atoms with E-state index in [1.54, 1.807) is 0 Å². The first-order valence-corrected chi connectivity index (χ1v) is 7.01. The fourth-order valence-electron chi connectivity index (χ4n) is 1.38. The van der Waals surface area contributed by atoms with Gasteiger partial charge in [-0.15, -0.1) is 0 Å². The van der Waals surface area contributed by atoms with Gasteiger partial charge >= 0.3 is 5.97 Å². The standard InChI is InChI=1S/C10H12ClNO5S/c1-17-9-6(11)3-5(8(12)10(13)14)4-7(9)18(2,15)16/h3-4,8H,12H2,1-2H3,(H,13,14). The molecule has 0 fully saturated rings. The Kier molecular flexibility index (Phi) is 4.20. The monoisotopic (exact) mass is 293 g/mol. The van der Waals surface area contributed by atoms with E-state index in [9.17, 15) is 13.2 Å². The minimum atomic E-state index is -3.61. The first kappa shape index (κ1) is 14.7. The number of methoxy groups -OCH3 is 1. The zero-order valence-corrected chi connectivity index (χ0v) is 11.2. The Hall–Kier alpha value is -1.31. The highest BCUT2D eigenvalue weighted by Gasteiger charge is 2.23. The molecule has 0 spiro atoms. The number of benzene rings is 1. The number of rotatable bonds is 4. The molecule has 0 bridgehead atoms. The van der Waals surface area contributed by atoms with Gasteiger partial charge in [0.15, 0.2) is 15.6 Å². The number of aliphatic carboxylic acids is 1. The third-order valence-corrected chi connectivity index (χ3v) is 3.64. The first-order valence-electron chi connectivity index (χ1n) is 4.74. The maximum atomic E-state index is 11.6. The number of carboxylic acid groups (broad SMARTS) is 1. The number of ether oxygens (including phenoxy) is 1. The Balaban J connectivity index is 3.55. The van der Waals surface area contributed by atoms with E-state index < -0.39 is 21.8 Å². The summed E-state index contributed by atoms with van der Waals surface area (Å²) in [6.45, 7) is 0. The van der Waals surface area contributed by atoms with Crippen molar-refractivity contribution in [3.05, 3.63) is 22.7 Å². The molecule has 1 aromatic carbocycles. The second-order valence-electron chi connectivity index (χ2n) is 3.62. The Bertz CT molecular complexity index is 584. The Labute approximate surface area is 109 Å². The van der Waals surface area contributed by atoms with Crippen LogP contribution in [0.5, 0.6) is 5.75 Å². The lowest BCUT2D eigenvalue weighted by Crippen LogP contribution is -2.21. The minimum Gasteiger partial charge on any atom is -0.494 e. The Morgan fingerprint density at radius 2 is 2.06 bits per heavy atom. The molecular weight excluding hydrogens is 282 g/mol. The number of sulfone groups is 1. The summed E-state index contributed by atoms with van der Waals surface area (Å²) in [6.07, 6.45) is 0.969. The molecule has 0 aromatic heterocycles. The predicted octanol–water partition coefficient (Wildman–Crippen LogP) is 0.836. The molecule has 0 heterocycles. The van der Waals surface area contributed by atoms with E-state index in [1.165, 1.54) is 13.2 Å². The molecule has 1 rings (SSSR count). The van der Waals surface area contributed by atoms with Gasteiger partial charge < -0.3 is 15.6 Å². The van der Waals surface area contributed by atoms with Crippen LogP contribution in [0.15, 0.2) is 17.0 Å². The Morgan fingerprint density at radius 1 is 1.50 bits per heavy atom. The summed E-state index contributed by atoms with van der Waals surface area (Å²) in [5.74, 6) is -1.31. The van der Waals surface area contributed by atoms with Crippen LogP contribution in [-0.4, -0.2) is 32.9 Å². The van der Waals surface area contributed by atoms with Crippen molar-refractivity contribution in [2.45, 2.75) is 10.9 Å². The van der Waals surface area contributed by atoms with Crippen LogP contribution < -0.4 is 10.5 Å². The molecule has 3 N–H and O–H groups in total. The van der Waals surface area contributed by atoms with Gasteiger partial charge in [-0.3, -0.25) is 4.79 Å². The molecule has 0 saturated heterocycles. The fourth-order valence-corrected chi connectivity index (χ4v) is 2.62. The number of hydrogen-bond acceptors (Lipinski definition) is 5. The van der Waals surface area contributed by atoms with Crippen LogP contribution in [0.3, 0.4) is 0 Å². The summed E-state index contributed by atoms with van der Waals surface area (Å²) in [6, 6.07) is 1.07. The molecule has 0 aliphatic heterocycles. The van der Waals surface area contributed by atoms with E-state index in [0.717, 1.165) is 12.3 Å². The summed E-state index contributed by atoms with van der Waals surface area (Å²) in [5.41, 5.74) is 5.51. The molecule has 0 aliphatic carbocycles. The maximum absolute atomic E-state index is 11.6. The molecule has 6 nitrogen and oxygen atoms in total. The zero-order chi connectivity index (χ0) is 14.1. The van der Waals surface area contributed by atoms with Crippen LogP contribution in [0, 0.1) is 0 Å². The normalized spacial score (nSPS) is 13.1. The summed E-state index contributed by atoms with van der Waals surface area (Å²) in [4.78, 5) is 10.6. The van der Waals surface area contributed by atoms with Crippen molar-refractivity contribution in [1.29, 1.82) is 0 Å². The lowest BCUT2D eigenvalue weighted by molar-refractivity contribution is -0.138. The Morgan fingerprint density at radius 3 is 2.44 bits per heavy atom. The largest absolute Gasteiger partial charge is 0.494 e. The third-order valence-electron chi connectivity index (χ3n) is 2.26. The lowest BCUT2D eigenvalue weighted by Gasteiger charge is -2.13. The topological polar surface area (TPSA) is 107 Å². The molecule has 100 valence electrons. The summed E-state index contributed by atoms with van der Waals surface area (Å²) >= 11 is 5.85. The van der Waals surface area contributed by atoms with Crippen molar-refractivity contribution >= 4 is 27.4 Å². The second kappa shape index (κ2) is 5.13. The number of carbonyl (C=O) groups is 1. The molecule has 8 heteroatoms. The van der Waals surface area contributed by atoms with E-state index in [4.69, 9.17) is 27.2 Å². The van der Waals surface area contributed by atoms with Crippen molar-refractivity contribution in [1.82, 2.24) is 0 Å². The lowest BCUT2D eigenvalue weighted by atomic mass is 10.1. The zero-order valence-electron chi connectivity index (χ0n) is 9.68. The number of nitrogens with two attached hydrogens (primary N) is 1.